The monoisotopic (exact) mass is 282 g/mol. The smallest absolute Gasteiger partial charge is 0.0790 e. The Labute approximate surface area is 103 Å². The van der Waals surface area contributed by atoms with Crippen LogP contribution in [0.3, 0.4) is 0 Å². The molecule has 2 rings (SSSR count). The van der Waals surface area contributed by atoms with Gasteiger partial charge in [-0.05, 0) is 35.0 Å². The first-order valence-corrected chi connectivity index (χ1v) is 6.06. The van der Waals surface area contributed by atoms with Crippen molar-refractivity contribution in [1.82, 2.24) is 9.78 Å². The van der Waals surface area contributed by atoms with Crippen molar-refractivity contribution >= 4 is 28.6 Å². The van der Waals surface area contributed by atoms with E-state index in [4.69, 9.17) is 0 Å². The SMILES string of the molecule is Cc1c(CS)cnn1-c1ccccc1Br. The van der Waals surface area contributed by atoms with Gasteiger partial charge in [0.2, 0.25) is 0 Å². The zero-order valence-corrected chi connectivity index (χ0v) is 10.8. The maximum absolute atomic E-state index is 4.36. The summed E-state index contributed by atoms with van der Waals surface area (Å²) in [5, 5.41) is 4.36. The summed E-state index contributed by atoms with van der Waals surface area (Å²) in [5.41, 5.74) is 3.36. The molecule has 1 aromatic carbocycles. The molecule has 0 saturated carbocycles. The highest BCUT2D eigenvalue weighted by Gasteiger charge is 2.08. The first-order chi connectivity index (χ1) is 7.24. The lowest BCUT2D eigenvalue weighted by Crippen LogP contribution is -1.99. The maximum atomic E-state index is 4.36. The van der Waals surface area contributed by atoms with E-state index in [0.717, 1.165) is 27.2 Å². The Kier molecular flexibility index (Phi) is 3.17. The Morgan fingerprint density at radius 2 is 2.13 bits per heavy atom. The average molecular weight is 283 g/mol. The van der Waals surface area contributed by atoms with Crippen molar-refractivity contribution in [2.75, 3.05) is 0 Å². The summed E-state index contributed by atoms with van der Waals surface area (Å²) in [4.78, 5) is 0. The number of thiol groups is 1. The van der Waals surface area contributed by atoms with E-state index in [9.17, 15) is 0 Å². The Morgan fingerprint density at radius 3 is 2.73 bits per heavy atom. The molecular formula is C11H11BrN2S. The van der Waals surface area contributed by atoms with E-state index in [1.807, 2.05) is 35.1 Å². The van der Waals surface area contributed by atoms with Gasteiger partial charge in [0.15, 0.2) is 0 Å². The predicted molar refractivity (Wildman–Crippen MR) is 68.7 cm³/mol. The number of hydrogen-bond donors (Lipinski definition) is 1. The normalized spacial score (nSPS) is 10.6. The quantitative estimate of drug-likeness (QED) is 0.837. The van der Waals surface area contributed by atoms with Gasteiger partial charge in [-0.3, -0.25) is 0 Å². The topological polar surface area (TPSA) is 17.8 Å². The second kappa shape index (κ2) is 4.41. The molecule has 0 aliphatic rings. The number of nitrogens with zero attached hydrogens (tertiary/aromatic N) is 2. The molecule has 0 bridgehead atoms. The standard InChI is InChI=1S/C11H11BrN2S/c1-8-9(7-15)6-13-14(8)11-5-3-2-4-10(11)12/h2-6,15H,7H2,1H3. The molecule has 0 spiro atoms. The van der Waals surface area contributed by atoms with Gasteiger partial charge in [0, 0.05) is 21.5 Å². The summed E-state index contributed by atoms with van der Waals surface area (Å²) in [6.07, 6.45) is 1.86. The zero-order valence-electron chi connectivity index (χ0n) is 8.31. The molecule has 4 heteroatoms. The van der Waals surface area contributed by atoms with Crippen LogP contribution in [0.5, 0.6) is 0 Å². The molecule has 0 aliphatic heterocycles. The van der Waals surface area contributed by atoms with Crippen LogP contribution in [0.1, 0.15) is 11.3 Å². The average Bonchev–Trinajstić information content (AvgIpc) is 2.60. The van der Waals surface area contributed by atoms with Crippen molar-refractivity contribution in [1.29, 1.82) is 0 Å². The molecule has 0 radical (unpaired) electrons. The molecule has 15 heavy (non-hydrogen) atoms. The fourth-order valence-corrected chi connectivity index (χ4v) is 2.23. The van der Waals surface area contributed by atoms with Gasteiger partial charge in [-0.25, -0.2) is 4.68 Å². The van der Waals surface area contributed by atoms with Gasteiger partial charge in [0.05, 0.1) is 11.9 Å². The largest absolute Gasteiger partial charge is 0.237 e. The maximum Gasteiger partial charge on any atom is 0.0790 e. The third-order valence-electron chi connectivity index (χ3n) is 2.36. The number of benzene rings is 1. The van der Waals surface area contributed by atoms with Crippen LogP contribution >= 0.6 is 28.6 Å². The van der Waals surface area contributed by atoms with Crippen molar-refractivity contribution in [3.8, 4) is 5.69 Å². The van der Waals surface area contributed by atoms with Gasteiger partial charge in [-0.2, -0.15) is 17.7 Å². The molecule has 0 amide bonds. The van der Waals surface area contributed by atoms with Gasteiger partial charge in [-0.1, -0.05) is 12.1 Å². The fraction of sp³-hybridized carbons (Fsp3) is 0.182. The summed E-state index contributed by atoms with van der Waals surface area (Å²) in [6, 6.07) is 8.04. The van der Waals surface area contributed by atoms with Crippen LogP contribution < -0.4 is 0 Å². The lowest BCUT2D eigenvalue weighted by Gasteiger charge is -2.06. The van der Waals surface area contributed by atoms with Gasteiger partial charge >= 0.3 is 0 Å². The Hall–Kier alpha value is -0.740. The fourth-order valence-electron chi connectivity index (χ4n) is 1.47. The zero-order chi connectivity index (χ0) is 10.8. The second-order valence-electron chi connectivity index (χ2n) is 3.28. The van der Waals surface area contributed by atoms with Crippen LogP contribution in [0.25, 0.3) is 5.69 Å². The number of para-hydroxylation sites is 1. The van der Waals surface area contributed by atoms with Crippen molar-refractivity contribution in [3.05, 3.63) is 46.2 Å². The molecule has 78 valence electrons. The third kappa shape index (κ3) is 1.96. The highest BCUT2D eigenvalue weighted by atomic mass is 79.9. The van der Waals surface area contributed by atoms with Crippen LogP contribution in [-0.4, -0.2) is 9.78 Å². The van der Waals surface area contributed by atoms with Gasteiger partial charge in [-0.15, -0.1) is 0 Å². The van der Waals surface area contributed by atoms with Crippen molar-refractivity contribution in [2.24, 2.45) is 0 Å². The van der Waals surface area contributed by atoms with E-state index >= 15 is 0 Å². The minimum Gasteiger partial charge on any atom is -0.237 e. The lowest BCUT2D eigenvalue weighted by atomic mass is 10.3. The van der Waals surface area contributed by atoms with Crippen LogP contribution in [0.2, 0.25) is 0 Å². The number of hydrogen-bond acceptors (Lipinski definition) is 2. The molecule has 2 aromatic rings. The lowest BCUT2D eigenvalue weighted by molar-refractivity contribution is 0.842. The molecular weight excluding hydrogens is 272 g/mol. The van der Waals surface area contributed by atoms with Crippen LogP contribution in [0, 0.1) is 6.92 Å². The highest BCUT2D eigenvalue weighted by molar-refractivity contribution is 9.10. The summed E-state index contributed by atoms with van der Waals surface area (Å²) in [5.74, 6) is 0.719. The molecule has 2 nitrogen and oxygen atoms in total. The predicted octanol–water partition coefficient (Wildman–Crippen LogP) is 3.37. The van der Waals surface area contributed by atoms with Gasteiger partial charge < -0.3 is 0 Å². The van der Waals surface area contributed by atoms with E-state index in [-0.39, 0.29) is 0 Å². The van der Waals surface area contributed by atoms with Crippen LogP contribution in [0.15, 0.2) is 34.9 Å². The first-order valence-electron chi connectivity index (χ1n) is 4.63. The van der Waals surface area contributed by atoms with Gasteiger partial charge in [0.1, 0.15) is 0 Å². The van der Waals surface area contributed by atoms with E-state index in [1.54, 1.807) is 0 Å². The molecule has 1 heterocycles. The Morgan fingerprint density at radius 1 is 1.40 bits per heavy atom. The van der Waals surface area contributed by atoms with E-state index in [2.05, 4.69) is 40.6 Å². The summed E-state index contributed by atoms with van der Waals surface area (Å²) >= 11 is 7.78. The van der Waals surface area contributed by atoms with Crippen molar-refractivity contribution < 1.29 is 0 Å². The summed E-state index contributed by atoms with van der Waals surface area (Å²) in [7, 11) is 0. The van der Waals surface area contributed by atoms with Crippen LogP contribution in [-0.2, 0) is 5.75 Å². The Bertz CT molecular complexity index is 479. The minimum absolute atomic E-state index is 0.719. The first kappa shape index (κ1) is 10.8. The third-order valence-corrected chi connectivity index (χ3v) is 3.37. The molecule has 0 saturated heterocycles. The van der Waals surface area contributed by atoms with E-state index in [1.165, 1.54) is 0 Å². The van der Waals surface area contributed by atoms with Crippen LogP contribution in [0.4, 0.5) is 0 Å². The van der Waals surface area contributed by atoms with Crippen molar-refractivity contribution in [3.63, 3.8) is 0 Å². The summed E-state index contributed by atoms with van der Waals surface area (Å²) in [6.45, 7) is 2.05. The highest BCUT2D eigenvalue weighted by Crippen LogP contribution is 2.22. The van der Waals surface area contributed by atoms with E-state index < -0.39 is 0 Å². The molecule has 0 aliphatic carbocycles. The number of aromatic nitrogens is 2. The van der Waals surface area contributed by atoms with Gasteiger partial charge in [0.25, 0.3) is 0 Å². The van der Waals surface area contributed by atoms with Crippen molar-refractivity contribution in [2.45, 2.75) is 12.7 Å². The van der Waals surface area contributed by atoms with E-state index in [0.29, 0.717) is 0 Å². The number of rotatable bonds is 2. The molecule has 0 fully saturated rings. The second-order valence-corrected chi connectivity index (χ2v) is 4.45. The molecule has 0 unspecified atom stereocenters. The molecule has 1 aromatic heterocycles. The summed E-state index contributed by atoms with van der Waals surface area (Å²) < 4.78 is 2.97. The minimum atomic E-state index is 0.719. The molecule has 0 N–H and O–H groups in total. The molecule has 0 atom stereocenters. The number of halogens is 1. The Balaban J connectivity index is 2.55.